The van der Waals surface area contributed by atoms with Gasteiger partial charge in [0.25, 0.3) is 0 Å². The van der Waals surface area contributed by atoms with Crippen molar-refractivity contribution in [3.8, 4) is 0 Å². The van der Waals surface area contributed by atoms with Gasteiger partial charge in [0.15, 0.2) is 5.78 Å². The van der Waals surface area contributed by atoms with Crippen molar-refractivity contribution >= 4 is 17.7 Å². The monoisotopic (exact) mass is 428 g/mol. The van der Waals surface area contributed by atoms with Crippen LogP contribution < -0.4 is 0 Å². The highest BCUT2D eigenvalue weighted by molar-refractivity contribution is 6.34. The van der Waals surface area contributed by atoms with Gasteiger partial charge >= 0.3 is 0 Å². The third-order valence-corrected chi connectivity index (χ3v) is 6.56. The van der Waals surface area contributed by atoms with Crippen LogP contribution in [0, 0.1) is 5.92 Å². The van der Waals surface area contributed by atoms with Crippen molar-refractivity contribution in [2.45, 2.75) is 90.5 Å². The van der Waals surface area contributed by atoms with Gasteiger partial charge in [-0.25, -0.2) is 8.78 Å². The number of halogens is 2. The standard InChI is InChI=1S/C26H34F2N2O/c1-5-18(2)24(31)16-26(10-7-6-8-11-26)29-17-23-22-15-20(9-12-25(4,27)28)14-21(22)13-19(3)30-23/h5,13-15,17,22H,6-12,16H2,1-4H3/b18-5+,29-17?. The van der Waals surface area contributed by atoms with E-state index in [9.17, 15) is 13.6 Å². The molecule has 0 radical (unpaired) electrons. The van der Waals surface area contributed by atoms with Crippen LogP contribution in [0.2, 0.25) is 0 Å². The first-order chi connectivity index (χ1) is 14.6. The highest BCUT2D eigenvalue weighted by Gasteiger charge is 2.34. The van der Waals surface area contributed by atoms with Gasteiger partial charge in [-0.2, -0.15) is 0 Å². The molecule has 3 aliphatic rings. The van der Waals surface area contributed by atoms with Gasteiger partial charge in [-0.3, -0.25) is 14.8 Å². The molecule has 168 valence electrons. The number of ketones is 1. The third kappa shape index (κ3) is 6.18. The fourth-order valence-corrected chi connectivity index (χ4v) is 4.59. The normalized spacial score (nSPS) is 23.8. The highest BCUT2D eigenvalue weighted by Crippen LogP contribution is 2.37. The maximum absolute atomic E-state index is 13.3. The van der Waals surface area contributed by atoms with Crippen LogP contribution in [0.5, 0.6) is 0 Å². The Kier molecular flexibility index (Phi) is 7.23. The molecule has 3 rings (SSSR count). The number of allylic oxidation sites excluding steroid dienone is 8. The van der Waals surface area contributed by atoms with E-state index in [1.54, 1.807) is 0 Å². The maximum Gasteiger partial charge on any atom is 0.245 e. The minimum Gasteiger partial charge on any atom is -0.294 e. The first kappa shape index (κ1) is 23.5. The number of aliphatic imine (C=N–C) groups is 2. The molecule has 0 aromatic carbocycles. The van der Waals surface area contributed by atoms with Crippen molar-refractivity contribution in [3.63, 3.8) is 0 Å². The Morgan fingerprint density at radius 1 is 1.29 bits per heavy atom. The van der Waals surface area contributed by atoms with E-state index in [0.29, 0.717) is 12.8 Å². The van der Waals surface area contributed by atoms with Crippen molar-refractivity contribution in [2.24, 2.45) is 15.9 Å². The van der Waals surface area contributed by atoms with Crippen molar-refractivity contribution in [2.75, 3.05) is 0 Å². The van der Waals surface area contributed by atoms with Gasteiger partial charge in [0.1, 0.15) is 0 Å². The molecule has 0 aromatic rings. The fraction of sp³-hybridized carbons (Fsp3) is 0.577. The summed E-state index contributed by atoms with van der Waals surface area (Å²) >= 11 is 0. The summed E-state index contributed by atoms with van der Waals surface area (Å²) in [5, 5.41) is 0. The summed E-state index contributed by atoms with van der Waals surface area (Å²) in [7, 11) is 0. The SMILES string of the molecule is C/C=C(\C)C(=O)CC1(N=CC2=NC(C)=CC3=CC(CCC(C)(F)F)=CC32)CCCCC1. The second-order valence-corrected chi connectivity index (χ2v) is 9.37. The lowest BCUT2D eigenvalue weighted by Crippen LogP contribution is -2.34. The average molecular weight is 429 g/mol. The Labute approximate surface area is 184 Å². The van der Waals surface area contributed by atoms with Crippen LogP contribution in [0.1, 0.15) is 79.1 Å². The summed E-state index contributed by atoms with van der Waals surface area (Å²) in [6.45, 7) is 6.66. The Morgan fingerprint density at radius 3 is 2.65 bits per heavy atom. The molecule has 3 nitrogen and oxygen atoms in total. The van der Waals surface area contributed by atoms with Crippen LogP contribution in [0.25, 0.3) is 0 Å². The molecule has 1 atom stereocenters. The zero-order chi connectivity index (χ0) is 22.6. The summed E-state index contributed by atoms with van der Waals surface area (Å²) in [5.41, 5.74) is 4.16. The molecule has 1 unspecified atom stereocenters. The van der Waals surface area contributed by atoms with Crippen LogP contribution in [0.15, 0.2) is 56.7 Å². The predicted octanol–water partition coefficient (Wildman–Crippen LogP) is 6.96. The topological polar surface area (TPSA) is 41.8 Å². The molecule has 1 saturated carbocycles. The summed E-state index contributed by atoms with van der Waals surface area (Å²) in [5.74, 6) is -2.55. The van der Waals surface area contributed by atoms with Crippen LogP contribution in [-0.2, 0) is 4.79 Å². The predicted molar refractivity (Wildman–Crippen MR) is 124 cm³/mol. The summed E-state index contributed by atoms with van der Waals surface area (Å²) in [6, 6.07) is 0. The molecular formula is C26H34F2N2O. The summed E-state index contributed by atoms with van der Waals surface area (Å²) < 4.78 is 26.6. The average Bonchev–Trinajstić information content (AvgIpc) is 3.13. The molecule has 31 heavy (non-hydrogen) atoms. The number of nitrogens with zero attached hydrogens (tertiary/aromatic N) is 2. The van der Waals surface area contributed by atoms with E-state index in [1.807, 2.05) is 51.3 Å². The third-order valence-electron chi connectivity index (χ3n) is 6.56. The van der Waals surface area contributed by atoms with Gasteiger partial charge in [0.05, 0.1) is 11.3 Å². The van der Waals surface area contributed by atoms with E-state index in [-0.39, 0.29) is 23.7 Å². The molecule has 1 fully saturated rings. The van der Waals surface area contributed by atoms with Crippen LogP contribution in [-0.4, -0.2) is 29.2 Å². The molecule has 0 bridgehead atoms. The number of carbonyl (C=O) groups excluding carboxylic acids is 1. The van der Waals surface area contributed by atoms with Gasteiger partial charge in [0.2, 0.25) is 5.92 Å². The van der Waals surface area contributed by atoms with E-state index in [0.717, 1.165) is 60.7 Å². The van der Waals surface area contributed by atoms with E-state index in [1.165, 1.54) is 6.42 Å². The van der Waals surface area contributed by atoms with Gasteiger partial charge in [0, 0.05) is 30.7 Å². The van der Waals surface area contributed by atoms with Crippen LogP contribution in [0.4, 0.5) is 8.78 Å². The van der Waals surface area contributed by atoms with E-state index in [4.69, 9.17) is 9.98 Å². The number of fused-ring (bicyclic) bond motifs is 1. The molecule has 2 aliphatic carbocycles. The second kappa shape index (κ2) is 9.54. The molecule has 0 spiro atoms. The molecule has 1 aliphatic heterocycles. The van der Waals surface area contributed by atoms with Gasteiger partial charge in [-0.05, 0) is 64.2 Å². The van der Waals surface area contributed by atoms with Crippen LogP contribution >= 0.6 is 0 Å². The van der Waals surface area contributed by atoms with Crippen LogP contribution in [0.3, 0.4) is 0 Å². The Bertz CT molecular complexity index is 891. The number of hydrogen-bond acceptors (Lipinski definition) is 3. The largest absolute Gasteiger partial charge is 0.294 e. The lowest BCUT2D eigenvalue weighted by molar-refractivity contribution is -0.116. The smallest absolute Gasteiger partial charge is 0.245 e. The molecule has 0 aromatic heterocycles. The van der Waals surface area contributed by atoms with Crippen molar-refractivity contribution in [1.82, 2.24) is 0 Å². The molecular weight excluding hydrogens is 394 g/mol. The van der Waals surface area contributed by atoms with E-state index < -0.39 is 5.92 Å². The number of alkyl halides is 2. The fourth-order valence-electron chi connectivity index (χ4n) is 4.59. The van der Waals surface area contributed by atoms with Gasteiger partial charge in [-0.15, -0.1) is 0 Å². The zero-order valence-electron chi connectivity index (χ0n) is 19.2. The molecule has 0 saturated heterocycles. The number of carbonyl (C=O) groups is 1. The molecule has 0 amide bonds. The lowest BCUT2D eigenvalue weighted by atomic mass is 9.78. The summed E-state index contributed by atoms with van der Waals surface area (Å²) in [4.78, 5) is 22.4. The molecule has 0 N–H and O–H groups in total. The number of Topliss-reactive ketones (excluding diaryl/α,β-unsaturated/α-hetero) is 1. The van der Waals surface area contributed by atoms with Gasteiger partial charge < -0.3 is 0 Å². The highest BCUT2D eigenvalue weighted by atomic mass is 19.3. The van der Waals surface area contributed by atoms with Crippen molar-refractivity contribution in [3.05, 3.63) is 46.7 Å². The number of rotatable bonds is 8. The number of hydrogen-bond donors (Lipinski definition) is 0. The van der Waals surface area contributed by atoms with Crippen molar-refractivity contribution in [1.29, 1.82) is 0 Å². The second-order valence-electron chi connectivity index (χ2n) is 9.37. The van der Waals surface area contributed by atoms with E-state index in [2.05, 4.69) is 0 Å². The molecule has 1 heterocycles. The zero-order valence-corrected chi connectivity index (χ0v) is 19.2. The minimum atomic E-state index is -2.66. The van der Waals surface area contributed by atoms with Gasteiger partial charge in [-0.1, -0.05) is 43.1 Å². The Balaban J connectivity index is 1.82. The first-order valence-electron chi connectivity index (χ1n) is 11.4. The Hall–Kier alpha value is -2.17. The first-order valence-corrected chi connectivity index (χ1v) is 11.4. The maximum atomic E-state index is 13.3. The minimum absolute atomic E-state index is 0.0402. The molecule has 5 heteroatoms. The van der Waals surface area contributed by atoms with Crippen molar-refractivity contribution < 1.29 is 13.6 Å². The quantitative estimate of drug-likeness (QED) is 0.304. The lowest BCUT2D eigenvalue weighted by Gasteiger charge is -2.33. The summed E-state index contributed by atoms with van der Waals surface area (Å²) in [6.07, 6.45) is 15.6. The Morgan fingerprint density at radius 2 is 2.00 bits per heavy atom. The van der Waals surface area contributed by atoms with E-state index >= 15 is 0 Å².